The van der Waals surface area contributed by atoms with Gasteiger partial charge in [-0.1, -0.05) is 17.7 Å². The van der Waals surface area contributed by atoms with Crippen molar-refractivity contribution in [3.63, 3.8) is 0 Å². The van der Waals surface area contributed by atoms with Gasteiger partial charge in [-0.15, -0.1) is 13.2 Å². The summed E-state index contributed by atoms with van der Waals surface area (Å²) in [4.78, 5) is 11.7. The molecule has 1 aliphatic rings. The fourth-order valence-electron chi connectivity index (χ4n) is 2.36. The number of hydrogen-bond donors (Lipinski definition) is 0. The Balaban J connectivity index is 2.67. The van der Waals surface area contributed by atoms with Crippen molar-refractivity contribution in [2.24, 2.45) is 5.41 Å². The second-order valence-corrected chi connectivity index (χ2v) is 4.92. The minimum absolute atomic E-state index is 0.156. The highest BCUT2D eigenvalue weighted by atomic mass is 16.5. The normalized spacial score (nSPS) is 18.3. The highest BCUT2D eigenvalue weighted by Crippen LogP contribution is 2.35. The number of hydrogen-bond acceptors (Lipinski definition) is 3. The molecular weight excluding hydrogens is 228 g/mol. The Hall–Kier alpha value is -1.19. The van der Waals surface area contributed by atoms with Gasteiger partial charge in [0.15, 0.2) is 5.78 Å². The van der Waals surface area contributed by atoms with Crippen molar-refractivity contribution < 1.29 is 14.3 Å². The molecular formula is C15H22O3. The smallest absolute Gasteiger partial charge is 0.156 e. The van der Waals surface area contributed by atoms with Crippen molar-refractivity contribution in [2.75, 3.05) is 26.4 Å². The largest absolute Gasteiger partial charge is 0.377 e. The van der Waals surface area contributed by atoms with Gasteiger partial charge in [0.1, 0.15) is 0 Å². The molecule has 0 N–H and O–H groups in total. The molecule has 0 spiro atoms. The van der Waals surface area contributed by atoms with E-state index >= 15 is 0 Å². The van der Waals surface area contributed by atoms with Crippen molar-refractivity contribution in [3.8, 4) is 0 Å². The lowest BCUT2D eigenvalue weighted by molar-refractivity contribution is -0.120. The molecule has 0 aromatic carbocycles. The molecule has 0 saturated carbocycles. The zero-order valence-corrected chi connectivity index (χ0v) is 11.1. The van der Waals surface area contributed by atoms with E-state index in [0.29, 0.717) is 32.8 Å². The summed E-state index contributed by atoms with van der Waals surface area (Å²) in [6.07, 6.45) is 6.47. The Morgan fingerprint density at radius 1 is 1.22 bits per heavy atom. The molecule has 0 amide bonds. The number of ether oxygens (including phenoxy) is 2. The van der Waals surface area contributed by atoms with E-state index in [2.05, 4.69) is 13.2 Å². The second kappa shape index (κ2) is 7.29. The molecule has 0 saturated heterocycles. The summed E-state index contributed by atoms with van der Waals surface area (Å²) in [5.74, 6) is 0.156. The second-order valence-electron chi connectivity index (χ2n) is 4.92. The zero-order chi connectivity index (χ0) is 13.4. The molecule has 3 nitrogen and oxygen atoms in total. The summed E-state index contributed by atoms with van der Waals surface area (Å²) in [5.41, 5.74) is 0.859. The Kier molecular flexibility index (Phi) is 6.02. The number of rotatable bonds is 8. The third-order valence-electron chi connectivity index (χ3n) is 2.90. The molecule has 0 unspecified atom stereocenters. The van der Waals surface area contributed by atoms with E-state index in [1.807, 2.05) is 6.92 Å². The molecule has 3 heteroatoms. The first-order valence-corrected chi connectivity index (χ1v) is 6.19. The van der Waals surface area contributed by atoms with Crippen molar-refractivity contribution in [1.29, 1.82) is 0 Å². The number of ketones is 1. The van der Waals surface area contributed by atoms with Crippen molar-refractivity contribution in [1.82, 2.24) is 0 Å². The maximum atomic E-state index is 11.7. The molecule has 18 heavy (non-hydrogen) atoms. The average Bonchev–Trinajstić information content (AvgIpc) is 2.28. The lowest BCUT2D eigenvalue weighted by Gasteiger charge is -2.35. The van der Waals surface area contributed by atoms with Gasteiger partial charge in [0.2, 0.25) is 0 Å². The van der Waals surface area contributed by atoms with Crippen molar-refractivity contribution >= 4 is 5.78 Å². The van der Waals surface area contributed by atoms with Crippen LogP contribution in [0.3, 0.4) is 0 Å². The summed E-state index contributed by atoms with van der Waals surface area (Å²) in [7, 11) is 0. The van der Waals surface area contributed by atoms with E-state index in [9.17, 15) is 4.79 Å². The minimum Gasteiger partial charge on any atom is -0.377 e. The lowest BCUT2D eigenvalue weighted by Crippen LogP contribution is -2.37. The average molecular weight is 250 g/mol. The van der Waals surface area contributed by atoms with Gasteiger partial charge >= 0.3 is 0 Å². The van der Waals surface area contributed by atoms with Crippen LogP contribution in [0.2, 0.25) is 0 Å². The molecule has 0 aromatic rings. The highest BCUT2D eigenvalue weighted by molar-refractivity contribution is 5.91. The van der Waals surface area contributed by atoms with Crippen LogP contribution in [0.4, 0.5) is 0 Å². The molecule has 0 aromatic heterocycles. The topological polar surface area (TPSA) is 35.5 Å². The first-order valence-electron chi connectivity index (χ1n) is 6.19. The molecule has 1 rings (SSSR count). The number of carbonyl (C=O) groups excluding carboxylic acids is 1. The summed E-state index contributed by atoms with van der Waals surface area (Å²) in [6.45, 7) is 11.3. The van der Waals surface area contributed by atoms with Crippen LogP contribution in [-0.4, -0.2) is 32.2 Å². The third kappa shape index (κ3) is 4.59. The van der Waals surface area contributed by atoms with Crippen molar-refractivity contribution in [2.45, 2.75) is 19.8 Å². The van der Waals surface area contributed by atoms with Crippen LogP contribution in [0.5, 0.6) is 0 Å². The SMILES string of the molecule is C=CCOCC1(COCC=C)CC(=O)C=C(C)C1. The molecule has 0 bridgehead atoms. The maximum absolute atomic E-state index is 11.7. The zero-order valence-electron chi connectivity index (χ0n) is 11.1. The quantitative estimate of drug-likeness (QED) is 0.491. The van der Waals surface area contributed by atoms with Gasteiger partial charge in [-0.05, 0) is 19.4 Å². The molecule has 0 radical (unpaired) electrons. The van der Waals surface area contributed by atoms with Crippen LogP contribution in [0, 0.1) is 5.41 Å². The summed E-state index contributed by atoms with van der Waals surface area (Å²) in [5, 5.41) is 0. The molecule has 100 valence electrons. The van der Waals surface area contributed by atoms with Crippen LogP contribution in [0.1, 0.15) is 19.8 Å². The lowest BCUT2D eigenvalue weighted by atomic mass is 9.75. The standard InChI is InChI=1S/C15H22O3/c1-4-6-17-11-15(12-18-7-5-2)9-13(3)8-14(16)10-15/h4-5,8H,1-2,6-7,9-12H2,3H3. The monoisotopic (exact) mass is 250 g/mol. The van der Waals surface area contributed by atoms with Gasteiger partial charge in [0.05, 0.1) is 26.4 Å². The van der Waals surface area contributed by atoms with Gasteiger partial charge in [0.25, 0.3) is 0 Å². The summed E-state index contributed by atoms with van der Waals surface area (Å²) in [6, 6.07) is 0. The fraction of sp³-hybridized carbons (Fsp3) is 0.533. The van der Waals surface area contributed by atoms with Crippen LogP contribution in [-0.2, 0) is 14.3 Å². The van der Waals surface area contributed by atoms with E-state index < -0.39 is 0 Å². The van der Waals surface area contributed by atoms with Crippen LogP contribution in [0.25, 0.3) is 0 Å². The summed E-state index contributed by atoms with van der Waals surface area (Å²) < 4.78 is 11.1. The molecule has 0 heterocycles. The number of allylic oxidation sites excluding steroid dienone is 2. The Morgan fingerprint density at radius 2 is 1.78 bits per heavy atom. The third-order valence-corrected chi connectivity index (χ3v) is 2.90. The molecule has 0 fully saturated rings. The van der Waals surface area contributed by atoms with Crippen LogP contribution < -0.4 is 0 Å². The van der Waals surface area contributed by atoms with E-state index in [0.717, 1.165) is 12.0 Å². The summed E-state index contributed by atoms with van der Waals surface area (Å²) >= 11 is 0. The van der Waals surface area contributed by atoms with Crippen LogP contribution >= 0.6 is 0 Å². The van der Waals surface area contributed by atoms with Gasteiger partial charge in [-0.25, -0.2) is 0 Å². The van der Waals surface area contributed by atoms with E-state index in [4.69, 9.17) is 9.47 Å². The van der Waals surface area contributed by atoms with Gasteiger partial charge in [-0.3, -0.25) is 4.79 Å². The predicted octanol–water partition coefficient (Wildman–Crippen LogP) is 2.69. The van der Waals surface area contributed by atoms with E-state index in [1.165, 1.54) is 0 Å². The highest BCUT2D eigenvalue weighted by Gasteiger charge is 2.36. The van der Waals surface area contributed by atoms with E-state index in [1.54, 1.807) is 18.2 Å². The van der Waals surface area contributed by atoms with E-state index in [-0.39, 0.29) is 11.2 Å². The fourth-order valence-corrected chi connectivity index (χ4v) is 2.36. The first kappa shape index (κ1) is 14.9. The van der Waals surface area contributed by atoms with Gasteiger partial charge < -0.3 is 9.47 Å². The molecule has 0 atom stereocenters. The maximum Gasteiger partial charge on any atom is 0.156 e. The van der Waals surface area contributed by atoms with Gasteiger partial charge in [0, 0.05) is 11.8 Å². The molecule has 1 aliphatic carbocycles. The Morgan fingerprint density at radius 3 is 2.22 bits per heavy atom. The first-order chi connectivity index (χ1) is 8.62. The molecule has 0 aliphatic heterocycles. The minimum atomic E-state index is -0.234. The number of carbonyl (C=O) groups is 1. The predicted molar refractivity (Wildman–Crippen MR) is 72.5 cm³/mol. The Bertz CT molecular complexity index is 328. The van der Waals surface area contributed by atoms with Crippen molar-refractivity contribution in [3.05, 3.63) is 37.0 Å². The Labute approximate surface area is 109 Å². The van der Waals surface area contributed by atoms with Gasteiger partial charge in [-0.2, -0.15) is 0 Å². The van der Waals surface area contributed by atoms with Crippen LogP contribution in [0.15, 0.2) is 37.0 Å².